The summed E-state index contributed by atoms with van der Waals surface area (Å²) in [5.74, 6) is 0. The fraction of sp³-hybridized carbons (Fsp3) is 1.00. The van der Waals surface area contributed by atoms with Gasteiger partial charge in [0.05, 0.1) is 37.5 Å². The van der Waals surface area contributed by atoms with Crippen molar-refractivity contribution in [3.63, 3.8) is 0 Å². The lowest BCUT2D eigenvalue weighted by Gasteiger charge is -2.12. The van der Waals surface area contributed by atoms with Crippen LogP contribution in [0.5, 0.6) is 0 Å². The second-order valence-electron chi connectivity index (χ2n) is 2.73. The molecular formula is C6H13NO4. The van der Waals surface area contributed by atoms with Gasteiger partial charge in [-0.3, -0.25) is 0 Å². The predicted octanol–water partition coefficient (Wildman–Crippen LogP) is -2.97. The maximum Gasteiger partial charge on any atom is 0.0990 e. The molecular weight excluding hydrogens is 150 g/mol. The van der Waals surface area contributed by atoms with E-state index in [0.29, 0.717) is 0 Å². The van der Waals surface area contributed by atoms with E-state index < -0.39 is 24.3 Å². The highest BCUT2D eigenvalue weighted by molar-refractivity contribution is 4.97. The minimum atomic E-state index is -0.989. The summed E-state index contributed by atoms with van der Waals surface area (Å²) in [7, 11) is 0. The first-order valence-corrected chi connectivity index (χ1v) is 3.54. The van der Waals surface area contributed by atoms with Crippen molar-refractivity contribution in [2.45, 2.75) is 24.3 Å². The summed E-state index contributed by atoms with van der Waals surface area (Å²) >= 11 is 0. The summed E-state index contributed by atoms with van der Waals surface area (Å²) in [5, 5.41) is 38.3. The number of hydrogen-bond donors (Lipinski definition) is 5. The lowest BCUT2D eigenvalue weighted by Crippen LogP contribution is -2.37. The van der Waals surface area contributed by atoms with Crippen LogP contribution in [0.15, 0.2) is 0 Å². The molecule has 5 N–H and O–H groups in total. The minimum Gasteiger partial charge on any atom is -0.395 e. The van der Waals surface area contributed by atoms with Gasteiger partial charge >= 0.3 is 0 Å². The van der Waals surface area contributed by atoms with E-state index in [-0.39, 0.29) is 13.2 Å². The Kier molecular flexibility index (Phi) is 2.80. The van der Waals surface area contributed by atoms with Crippen molar-refractivity contribution in [3.8, 4) is 0 Å². The zero-order valence-electron chi connectivity index (χ0n) is 6.01. The van der Waals surface area contributed by atoms with Crippen molar-refractivity contribution >= 4 is 0 Å². The molecule has 1 heterocycles. The van der Waals surface area contributed by atoms with Crippen LogP contribution in [0.1, 0.15) is 0 Å². The van der Waals surface area contributed by atoms with E-state index in [0.717, 1.165) is 0 Å². The van der Waals surface area contributed by atoms with Gasteiger partial charge in [0, 0.05) is 0 Å². The molecule has 1 saturated heterocycles. The molecule has 1 aliphatic heterocycles. The van der Waals surface area contributed by atoms with Crippen molar-refractivity contribution in [1.82, 2.24) is 5.32 Å². The summed E-state index contributed by atoms with van der Waals surface area (Å²) in [6.45, 7) is -0.483. The maximum atomic E-state index is 9.18. The summed E-state index contributed by atoms with van der Waals surface area (Å²) in [5.41, 5.74) is 0. The molecule has 5 nitrogen and oxygen atoms in total. The molecule has 0 unspecified atom stereocenters. The quantitative estimate of drug-likeness (QED) is 0.300. The van der Waals surface area contributed by atoms with Crippen LogP contribution in [0.2, 0.25) is 0 Å². The number of aliphatic hydroxyl groups is 4. The van der Waals surface area contributed by atoms with E-state index >= 15 is 0 Å². The van der Waals surface area contributed by atoms with Crippen LogP contribution in [0.4, 0.5) is 0 Å². The van der Waals surface area contributed by atoms with E-state index in [1.54, 1.807) is 0 Å². The first-order valence-electron chi connectivity index (χ1n) is 3.54. The molecule has 4 atom stereocenters. The van der Waals surface area contributed by atoms with Crippen LogP contribution >= 0.6 is 0 Å². The Hall–Kier alpha value is -0.200. The van der Waals surface area contributed by atoms with Gasteiger partial charge in [-0.25, -0.2) is 0 Å². The highest BCUT2D eigenvalue weighted by Crippen LogP contribution is 2.13. The van der Waals surface area contributed by atoms with Crippen LogP contribution < -0.4 is 5.32 Å². The summed E-state index contributed by atoms with van der Waals surface area (Å²) in [4.78, 5) is 0. The van der Waals surface area contributed by atoms with Crippen LogP contribution in [-0.2, 0) is 0 Å². The Morgan fingerprint density at radius 3 is 1.45 bits per heavy atom. The van der Waals surface area contributed by atoms with Crippen LogP contribution in [0, 0.1) is 0 Å². The summed E-state index contributed by atoms with van der Waals surface area (Å²) < 4.78 is 0. The second kappa shape index (κ2) is 3.46. The summed E-state index contributed by atoms with van der Waals surface area (Å²) in [6, 6.07) is -1.05. The molecule has 1 fully saturated rings. The molecule has 5 heteroatoms. The third-order valence-corrected chi connectivity index (χ3v) is 2.00. The Bertz CT molecular complexity index is 114. The lowest BCUT2D eigenvalue weighted by atomic mass is 10.1. The molecule has 0 saturated carbocycles. The number of hydrogen-bond acceptors (Lipinski definition) is 5. The summed E-state index contributed by atoms with van der Waals surface area (Å²) in [6.07, 6.45) is -1.98. The largest absolute Gasteiger partial charge is 0.395 e. The van der Waals surface area contributed by atoms with Gasteiger partial charge < -0.3 is 25.7 Å². The van der Waals surface area contributed by atoms with E-state index in [1.165, 1.54) is 0 Å². The van der Waals surface area contributed by atoms with E-state index in [9.17, 15) is 10.2 Å². The van der Waals surface area contributed by atoms with Crippen molar-refractivity contribution in [2.24, 2.45) is 0 Å². The van der Waals surface area contributed by atoms with Gasteiger partial charge in [-0.2, -0.15) is 0 Å². The minimum absolute atomic E-state index is 0.241. The number of aliphatic hydroxyl groups excluding tert-OH is 4. The van der Waals surface area contributed by atoms with Crippen LogP contribution in [0.3, 0.4) is 0 Å². The molecule has 0 aromatic heterocycles. The molecule has 11 heavy (non-hydrogen) atoms. The predicted molar refractivity (Wildman–Crippen MR) is 36.9 cm³/mol. The van der Waals surface area contributed by atoms with Gasteiger partial charge in [-0.15, -0.1) is 0 Å². The highest BCUT2D eigenvalue weighted by atomic mass is 16.3. The van der Waals surface area contributed by atoms with E-state index in [2.05, 4.69) is 5.32 Å². The number of rotatable bonds is 2. The smallest absolute Gasteiger partial charge is 0.0990 e. The Morgan fingerprint density at radius 2 is 1.27 bits per heavy atom. The van der Waals surface area contributed by atoms with Gasteiger partial charge in [0.15, 0.2) is 0 Å². The normalized spacial score (nSPS) is 44.7. The average molecular weight is 163 g/mol. The highest BCUT2D eigenvalue weighted by Gasteiger charge is 2.39. The average Bonchev–Trinajstić information content (AvgIpc) is 2.30. The molecule has 0 bridgehead atoms. The first-order chi connectivity index (χ1) is 5.20. The zero-order chi connectivity index (χ0) is 8.43. The van der Waals surface area contributed by atoms with Crippen LogP contribution in [0.25, 0.3) is 0 Å². The molecule has 66 valence electrons. The zero-order valence-corrected chi connectivity index (χ0v) is 6.01. The third-order valence-electron chi connectivity index (χ3n) is 2.00. The fourth-order valence-electron chi connectivity index (χ4n) is 1.27. The van der Waals surface area contributed by atoms with Gasteiger partial charge in [0.2, 0.25) is 0 Å². The third kappa shape index (κ3) is 1.52. The van der Waals surface area contributed by atoms with Crippen molar-refractivity contribution in [2.75, 3.05) is 13.2 Å². The van der Waals surface area contributed by atoms with E-state index in [4.69, 9.17) is 10.2 Å². The van der Waals surface area contributed by atoms with Gasteiger partial charge in [0.25, 0.3) is 0 Å². The Morgan fingerprint density at radius 1 is 0.909 bits per heavy atom. The van der Waals surface area contributed by atoms with E-state index in [1.807, 2.05) is 0 Å². The van der Waals surface area contributed by atoms with Gasteiger partial charge in [-0.05, 0) is 0 Å². The fourth-order valence-corrected chi connectivity index (χ4v) is 1.27. The van der Waals surface area contributed by atoms with Crippen molar-refractivity contribution in [3.05, 3.63) is 0 Å². The van der Waals surface area contributed by atoms with Crippen LogP contribution in [-0.4, -0.2) is 57.9 Å². The standard InChI is InChI=1S/C6H13NO4/c8-1-3-5(10)6(11)4(2-9)7-3/h3-11H,1-2H2/t3-,4+,5-,6-/m0/s1. The molecule has 0 amide bonds. The van der Waals surface area contributed by atoms with Gasteiger partial charge in [0.1, 0.15) is 0 Å². The molecule has 1 aliphatic rings. The molecule has 0 aliphatic carbocycles. The second-order valence-corrected chi connectivity index (χ2v) is 2.73. The molecule has 0 spiro atoms. The molecule has 1 rings (SSSR count). The molecule has 0 aromatic rings. The lowest BCUT2D eigenvalue weighted by molar-refractivity contribution is 0.0130. The topological polar surface area (TPSA) is 93.0 Å². The molecule has 0 radical (unpaired) electrons. The first kappa shape index (κ1) is 8.89. The van der Waals surface area contributed by atoms with Crippen molar-refractivity contribution in [1.29, 1.82) is 0 Å². The Balaban J connectivity index is 2.53. The molecule has 0 aromatic carbocycles. The Labute approximate surface area is 64.3 Å². The number of nitrogens with one attached hydrogen (secondary N) is 1. The van der Waals surface area contributed by atoms with Gasteiger partial charge in [-0.1, -0.05) is 0 Å². The monoisotopic (exact) mass is 163 g/mol. The SMILES string of the molecule is OC[C@@H]1N[C@H](CO)[C@H](O)[C@H]1O. The maximum absolute atomic E-state index is 9.18. The van der Waals surface area contributed by atoms with Crippen molar-refractivity contribution < 1.29 is 20.4 Å².